The molecule has 1 aromatic rings. The third-order valence-electron chi connectivity index (χ3n) is 6.55. The molecule has 2 heterocycles. The molecule has 2 saturated heterocycles. The molecule has 9 nitrogen and oxygen atoms in total. The molecule has 0 radical (unpaired) electrons. The van der Waals surface area contributed by atoms with Crippen LogP contribution in [0.25, 0.3) is 0 Å². The van der Waals surface area contributed by atoms with Crippen molar-refractivity contribution in [3.05, 3.63) is 29.8 Å². The number of amides is 2. The maximum Gasteiger partial charge on any atom is 0.251 e. The van der Waals surface area contributed by atoms with Crippen molar-refractivity contribution in [1.29, 1.82) is 0 Å². The summed E-state index contributed by atoms with van der Waals surface area (Å²) in [7, 11) is 0. The Morgan fingerprint density at radius 2 is 1.83 bits per heavy atom. The molecule has 0 unspecified atom stereocenters. The second-order valence-corrected chi connectivity index (χ2v) is 9.75. The number of nitrogens with zero attached hydrogens (tertiary/aromatic N) is 1. The van der Waals surface area contributed by atoms with Crippen LogP contribution in [0.15, 0.2) is 24.3 Å². The number of anilines is 1. The molecule has 1 aromatic carbocycles. The molecule has 2 aliphatic heterocycles. The molecule has 0 bridgehead atoms. The number of ether oxygens (including phenoxy) is 2. The number of rotatable bonds is 11. The number of hydrogen-bond acceptors (Lipinski definition) is 7. The van der Waals surface area contributed by atoms with Gasteiger partial charge in [-0.15, -0.1) is 0 Å². The highest BCUT2D eigenvalue weighted by molar-refractivity contribution is 5.99. The zero-order valence-corrected chi connectivity index (χ0v) is 21.2. The summed E-state index contributed by atoms with van der Waals surface area (Å²) in [6.07, 6.45) is 1.21. The van der Waals surface area contributed by atoms with Crippen molar-refractivity contribution in [2.45, 2.75) is 45.7 Å². The smallest absolute Gasteiger partial charge is 0.251 e. The Kier molecular flexibility index (Phi) is 10.5. The van der Waals surface area contributed by atoms with Crippen LogP contribution in [0.2, 0.25) is 0 Å². The predicted molar refractivity (Wildman–Crippen MR) is 134 cm³/mol. The van der Waals surface area contributed by atoms with Gasteiger partial charge >= 0.3 is 0 Å². The molecule has 0 aliphatic carbocycles. The van der Waals surface area contributed by atoms with Crippen LogP contribution in [-0.4, -0.2) is 87.2 Å². The topological polar surface area (TPSA) is 109 Å². The van der Waals surface area contributed by atoms with E-state index in [9.17, 15) is 14.4 Å². The number of Topliss-reactive ketones (excluding diaryl/α,β-unsaturated/α-hetero) is 1. The molecule has 35 heavy (non-hydrogen) atoms. The van der Waals surface area contributed by atoms with Crippen LogP contribution < -0.4 is 16.0 Å². The normalized spacial score (nSPS) is 22.0. The Labute approximate surface area is 208 Å². The first-order valence-electron chi connectivity index (χ1n) is 12.7. The number of hydrogen-bond donors (Lipinski definition) is 3. The SMILES string of the molecule is CC[C@@H]1COCC(=O)[C@H]1NC(=O)[C@H](CC(C)C)NC(=O)c1ccc(NCCN2CCOCC2)cc1. The average molecular weight is 489 g/mol. The minimum atomic E-state index is -0.720. The molecular formula is C26H40N4O5. The van der Waals surface area contributed by atoms with Gasteiger partial charge in [0.1, 0.15) is 12.6 Å². The van der Waals surface area contributed by atoms with E-state index in [-0.39, 0.29) is 36.0 Å². The third kappa shape index (κ3) is 8.30. The Morgan fingerprint density at radius 1 is 1.11 bits per heavy atom. The van der Waals surface area contributed by atoms with E-state index < -0.39 is 12.1 Å². The van der Waals surface area contributed by atoms with Crippen LogP contribution in [-0.2, 0) is 19.1 Å². The molecule has 3 N–H and O–H groups in total. The standard InChI is InChI=1S/C26H40N4O5/c1-4-19-16-35-17-23(31)24(19)29-26(33)22(15-18(2)3)28-25(32)20-5-7-21(8-6-20)27-9-10-30-11-13-34-14-12-30/h5-8,18-19,22,24,27H,4,9-17H2,1-3H3,(H,28,32)(H,29,33)/t19-,22+,24+/m1/s1. The first-order valence-corrected chi connectivity index (χ1v) is 12.7. The van der Waals surface area contributed by atoms with Gasteiger partial charge in [-0.2, -0.15) is 0 Å². The van der Waals surface area contributed by atoms with Gasteiger partial charge in [0.2, 0.25) is 5.91 Å². The summed E-state index contributed by atoms with van der Waals surface area (Å²) in [4.78, 5) is 40.7. The lowest BCUT2D eigenvalue weighted by Crippen LogP contribution is -2.56. The van der Waals surface area contributed by atoms with E-state index in [2.05, 4.69) is 20.9 Å². The van der Waals surface area contributed by atoms with E-state index in [1.165, 1.54) is 0 Å². The van der Waals surface area contributed by atoms with Gasteiger partial charge in [0, 0.05) is 43.3 Å². The largest absolute Gasteiger partial charge is 0.384 e. The molecule has 3 rings (SSSR count). The van der Waals surface area contributed by atoms with Crippen LogP contribution in [0.3, 0.4) is 0 Å². The number of ketones is 1. The highest BCUT2D eigenvalue weighted by Crippen LogP contribution is 2.17. The van der Waals surface area contributed by atoms with Crippen LogP contribution in [0.1, 0.15) is 44.0 Å². The lowest BCUT2D eigenvalue weighted by molar-refractivity contribution is -0.138. The summed E-state index contributed by atoms with van der Waals surface area (Å²) in [5.74, 6) is -0.624. The summed E-state index contributed by atoms with van der Waals surface area (Å²) < 4.78 is 10.7. The van der Waals surface area contributed by atoms with Crippen molar-refractivity contribution >= 4 is 23.3 Å². The molecule has 3 atom stereocenters. The van der Waals surface area contributed by atoms with Crippen molar-refractivity contribution in [2.75, 3.05) is 57.9 Å². The van der Waals surface area contributed by atoms with Crippen molar-refractivity contribution < 1.29 is 23.9 Å². The molecule has 0 saturated carbocycles. The fraction of sp³-hybridized carbons (Fsp3) is 0.654. The van der Waals surface area contributed by atoms with Gasteiger partial charge in [-0.3, -0.25) is 19.3 Å². The monoisotopic (exact) mass is 488 g/mol. The van der Waals surface area contributed by atoms with Crippen LogP contribution in [0, 0.1) is 11.8 Å². The fourth-order valence-corrected chi connectivity index (χ4v) is 4.43. The number of nitrogens with one attached hydrogen (secondary N) is 3. The molecule has 194 valence electrons. The van der Waals surface area contributed by atoms with Crippen molar-refractivity contribution in [2.24, 2.45) is 11.8 Å². The lowest BCUT2D eigenvalue weighted by atomic mass is 9.91. The van der Waals surface area contributed by atoms with E-state index in [1.54, 1.807) is 12.1 Å². The van der Waals surface area contributed by atoms with Gasteiger partial charge < -0.3 is 25.4 Å². The quantitative estimate of drug-likeness (QED) is 0.435. The Balaban J connectivity index is 1.54. The first-order chi connectivity index (χ1) is 16.9. The van der Waals surface area contributed by atoms with E-state index in [1.807, 2.05) is 32.9 Å². The summed E-state index contributed by atoms with van der Waals surface area (Å²) >= 11 is 0. The van der Waals surface area contributed by atoms with E-state index >= 15 is 0 Å². The van der Waals surface area contributed by atoms with Crippen LogP contribution >= 0.6 is 0 Å². The van der Waals surface area contributed by atoms with E-state index in [0.717, 1.165) is 51.5 Å². The van der Waals surface area contributed by atoms with Gasteiger partial charge in [-0.05, 0) is 43.0 Å². The molecule has 9 heteroatoms. The van der Waals surface area contributed by atoms with E-state index in [0.29, 0.717) is 18.6 Å². The van der Waals surface area contributed by atoms with Crippen LogP contribution in [0.5, 0.6) is 0 Å². The number of carbonyl (C=O) groups excluding carboxylic acids is 3. The zero-order valence-electron chi connectivity index (χ0n) is 21.2. The second-order valence-electron chi connectivity index (χ2n) is 9.75. The molecular weight excluding hydrogens is 448 g/mol. The molecule has 0 aromatic heterocycles. The van der Waals surface area contributed by atoms with Gasteiger partial charge in [0.15, 0.2) is 5.78 Å². The summed E-state index contributed by atoms with van der Waals surface area (Å²) in [5, 5.41) is 9.14. The van der Waals surface area contributed by atoms with E-state index in [4.69, 9.17) is 9.47 Å². The van der Waals surface area contributed by atoms with Gasteiger partial charge in [-0.1, -0.05) is 20.8 Å². The summed E-state index contributed by atoms with van der Waals surface area (Å²) in [5.41, 5.74) is 1.42. The minimum Gasteiger partial charge on any atom is -0.384 e. The van der Waals surface area contributed by atoms with Crippen molar-refractivity contribution in [3.8, 4) is 0 Å². The van der Waals surface area contributed by atoms with Gasteiger partial charge in [0.05, 0.1) is 25.9 Å². The molecule has 0 spiro atoms. The average Bonchev–Trinajstić information content (AvgIpc) is 2.85. The van der Waals surface area contributed by atoms with Crippen LogP contribution in [0.4, 0.5) is 5.69 Å². The highest BCUT2D eigenvalue weighted by Gasteiger charge is 2.34. The number of carbonyl (C=O) groups is 3. The number of benzene rings is 1. The summed E-state index contributed by atoms with van der Waals surface area (Å²) in [6.45, 7) is 11.6. The Bertz CT molecular complexity index is 839. The fourth-order valence-electron chi connectivity index (χ4n) is 4.43. The molecule has 2 fully saturated rings. The van der Waals surface area contributed by atoms with Crippen molar-refractivity contribution in [3.63, 3.8) is 0 Å². The molecule has 2 amide bonds. The maximum atomic E-state index is 13.1. The zero-order chi connectivity index (χ0) is 25.2. The second kappa shape index (κ2) is 13.6. The minimum absolute atomic E-state index is 0.00941. The summed E-state index contributed by atoms with van der Waals surface area (Å²) in [6, 6.07) is 5.96. The maximum absolute atomic E-state index is 13.1. The third-order valence-corrected chi connectivity index (χ3v) is 6.55. The van der Waals surface area contributed by atoms with Crippen molar-refractivity contribution in [1.82, 2.24) is 15.5 Å². The predicted octanol–water partition coefficient (Wildman–Crippen LogP) is 1.69. The highest BCUT2D eigenvalue weighted by atomic mass is 16.5. The Hall–Kier alpha value is -2.49. The lowest BCUT2D eigenvalue weighted by Gasteiger charge is -2.31. The molecule has 2 aliphatic rings. The first kappa shape index (κ1) is 27.1. The number of morpholine rings is 1. The van der Waals surface area contributed by atoms with Gasteiger partial charge in [-0.25, -0.2) is 0 Å². The Morgan fingerprint density at radius 3 is 2.49 bits per heavy atom. The van der Waals surface area contributed by atoms with Gasteiger partial charge in [0.25, 0.3) is 5.91 Å².